The van der Waals surface area contributed by atoms with Gasteiger partial charge in [-0.3, -0.25) is 4.79 Å². The topological polar surface area (TPSA) is 54.0 Å². The third-order valence-corrected chi connectivity index (χ3v) is 8.27. The van der Waals surface area contributed by atoms with Gasteiger partial charge in [0.15, 0.2) is 0 Å². The second-order valence-corrected chi connectivity index (χ2v) is 13.0. The zero-order chi connectivity index (χ0) is 24.2. The first-order valence-electron chi connectivity index (χ1n) is 11.2. The molecule has 0 heterocycles. The Labute approximate surface area is 190 Å². The lowest BCUT2D eigenvalue weighted by atomic mass is 9.91. The van der Waals surface area contributed by atoms with E-state index in [0.717, 1.165) is 12.8 Å². The first kappa shape index (κ1) is 30.0. The highest BCUT2D eigenvalue weighted by molar-refractivity contribution is 6.73. The van der Waals surface area contributed by atoms with E-state index in [1.54, 1.807) is 47.4 Å². The molecule has 0 amide bonds. The number of hydrogen-bond acceptors (Lipinski definition) is 5. The Morgan fingerprint density at radius 2 is 1.74 bits per heavy atom. The lowest BCUT2D eigenvalue weighted by Crippen LogP contribution is -2.46. The zero-order valence-corrected chi connectivity index (χ0v) is 22.1. The van der Waals surface area contributed by atoms with Crippen molar-refractivity contribution < 1.29 is 27.8 Å². The van der Waals surface area contributed by atoms with Crippen LogP contribution in [0.4, 0.5) is 4.39 Å². The quantitative estimate of drug-likeness (QED) is 0.220. The van der Waals surface area contributed by atoms with Crippen LogP contribution in [0.5, 0.6) is 0 Å². The molecule has 0 saturated carbocycles. The van der Waals surface area contributed by atoms with Gasteiger partial charge in [-0.2, -0.15) is 0 Å². The molecule has 0 bridgehead atoms. The molecule has 31 heavy (non-hydrogen) atoms. The summed E-state index contributed by atoms with van der Waals surface area (Å²) >= 11 is 0. The SMILES string of the molecule is C=CC(CC(C)=CC(C)C(OC)C(CC(C)C(=O)O[Si](C)(C)C(F)CCC)OC)OC. The summed E-state index contributed by atoms with van der Waals surface area (Å²) in [4.78, 5) is 12.7. The minimum absolute atomic E-state index is 0.0305. The number of hydrogen-bond donors (Lipinski definition) is 0. The van der Waals surface area contributed by atoms with E-state index in [1.165, 1.54) is 5.57 Å². The Balaban J connectivity index is 5.17. The van der Waals surface area contributed by atoms with Gasteiger partial charge in [0.25, 0.3) is 14.3 Å². The molecule has 0 rings (SSSR count). The van der Waals surface area contributed by atoms with Gasteiger partial charge in [0, 0.05) is 27.2 Å². The molecule has 0 radical (unpaired) electrons. The van der Waals surface area contributed by atoms with Crippen molar-refractivity contribution in [2.24, 2.45) is 11.8 Å². The van der Waals surface area contributed by atoms with E-state index in [4.69, 9.17) is 18.6 Å². The Morgan fingerprint density at radius 1 is 1.13 bits per heavy atom. The van der Waals surface area contributed by atoms with E-state index in [1.807, 2.05) is 6.92 Å². The molecule has 0 aliphatic rings. The lowest BCUT2D eigenvalue weighted by Gasteiger charge is -2.32. The highest BCUT2D eigenvalue weighted by Crippen LogP contribution is 2.25. The molecular weight excluding hydrogens is 415 g/mol. The number of ether oxygens (including phenoxy) is 3. The highest BCUT2D eigenvalue weighted by Gasteiger charge is 2.39. The maximum Gasteiger partial charge on any atom is 0.295 e. The number of methoxy groups -OCH3 is 3. The minimum Gasteiger partial charge on any atom is -0.516 e. The number of rotatable bonds is 16. The van der Waals surface area contributed by atoms with Gasteiger partial charge >= 0.3 is 0 Å². The summed E-state index contributed by atoms with van der Waals surface area (Å²) in [6.45, 7) is 15.2. The van der Waals surface area contributed by atoms with E-state index in [0.29, 0.717) is 12.8 Å². The molecule has 0 aliphatic carbocycles. The smallest absolute Gasteiger partial charge is 0.295 e. The standard InChI is InChI=1S/C24H45FO5Si/c1-11-13-22(25)31(9,10)30-24(26)19(5)16-21(28-7)23(29-8)18(4)14-17(3)15-20(12-2)27-6/h12,14,18-23H,2,11,13,15-16H2,1,3-10H3. The van der Waals surface area contributed by atoms with Gasteiger partial charge < -0.3 is 18.6 Å². The van der Waals surface area contributed by atoms with Gasteiger partial charge in [0.2, 0.25) is 0 Å². The first-order valence-corrected chi connectivity index (χ1v) is 14.2. The van der Waals surface area contributed by atoms with Gasteiger partial charge in [-0.25, -0.2) is 4.39 Å². The van der Waals surface area contributed by atoms with E-state index in [9.17, 15) is 9.18 Å². The predicted molar refractivity (Wildman–Crippen MR) is 127 cm³/mol. The largest absolute Gasteiger partial charge is 0.516 e. The van der Waals surface area contributed by atoms with Crippen LogP contribution in [-0.2, 0) is 23.4 Å². The van der Waals surface area contributed by atoms with Crippen LogP contribution in [0.15, 0.2) is 24.3 Å². The van der Waals surface area contributed by atoms with E-state index >= 15 is 0 Å². The molecule has 0 N–H and O–H groups in total. The summed E-state index contributed by atoms with van der Waals surface area (Å²) in [6.07, 6.45) is 5.71. The van der Waals surface area contributed by atoms with Crippen molar-refractivity contribution in [3.8, 4) is 0 Å². The van der Waals surface area contributed by atoms with E-state index in [-0.39, 0.29) is 30.2 Å². The Morgan fingerprint density at radius 3 is 2.19 bits per heavy atom. The molecule has 5 nitrogen and oxygen atoms in total. The van der Waals surface area contributed by atoms with Gasteiger partial charge in [-0.05, 0) is 39.3 Å². The first-order chi connectivity index (χ1) is 14.5. The lowest BCUT2D eigenvalue weighted by molar-refractivity contribution is -0.142. The van der Waals surface area contributed by atoms with Crippen molar-refractivity contribution in [2.45, 2.75) is 90.6 Å². The van der Waals surface area contributed by atoms with Crippen LogP contribution >= 0.6 is 0 Å². The summed E-state index contributed by atoms with van der Waals surface area (Å²) in [5.41, 5.74) is 1.17. The van der Waals surface area contributed by atoms with Gasteiger partial charge in [0.05, 0.1) is 24.2 Å². The highest BCUT2D eigenvalue weighted by atomic mass is 28.4. The molecular formula is C24H45FO5Si. The van der Waals surface area contributed by atoms with Crippen molar-refractivity contribution in [3.63, 3.8) is 0 Å². The van der Waals surface area contributed by atoms with Gasteiger partial charge in [-0.15, -0.1) is 6.58 Å². The molecule has 0 spiro atoms. The third kappa shape index (κ3) is 10.4. The molecule has 6 atom stereocenters. The van der Waals surface area contributed by atoms with Crippen LogP contribution in [-0.4, -0.2) is 59.7 Å². The molecule has 0 fully saturated rings. The fraction of sp³-hybridized carbons (Fsp3) is 0.792. The maximum atomic E-state index is 14.4. The van der Waals surface area contributed by atoms with E-state index in [2.05, 4.69) is 26.5 Å². The monoisotopic (exact) mass is 460 g/mol. The summed E-state index contributed by atoms with van der Waals surface area (Å²) in [6, 6.07) is 0. The fourth-order valence-electron chi connectivity index (χ4n) is 3.73. The average Bonchev–Trinajstić information content (AvgIpc) is 2.71. The molecule has 0 saturated heterocycles. The third-order valence-electron chi connectivity index (χ3n) is 5.74. The van der Waals surface area contributed by atoms with Gasteiger partial charge in [-0.1, -0.05) is 44.9 Å². The van der Waals surface area contributed by atoms with Crippen LogP contribution in [0.25, 0.3) is 0 Å². The minimum atomic E-state index is -2.73. The summed E-state index contributed by atoms with van der Waals surface area (Å²) in [7, 11) is 2.20. The Bertz CT molecular complexity index is 566. The van der Waals surface area contributed by atoms with Crippen molar-refractivity contribution in [2.75, 3.05) is 21.3 Å². The molecule has 0 aromatic heterocycles. The average molecular weight is 461 g/mol. The Hall–Kier alpha value is -1.02. The van der Waals surface area contributed by atoms with Crippen LogP contribution in [0, 0.1) is 11.8 Å². The van der Waals surface area contributed by atoms with Crippen molar-refractivity contribution in [1.82, 2.24) is 0 Å². The predicted octanol–water partition coefficient (Wildman–Crippen LogP) is 5.64. The van der Waals surface area contributed by atoms with Crippen LogP contribution in [0.1, 0.15) is 53.4 Å². The summed E-state index contributed by atoms with van der Waals surface area (Å²) < 4.78 is 36.9. The molecule has 7 heteroatoms. The number of carbonyl (C=O) groups excluding carboxylic acids is 1. The number of halogens is 1. The van der Waals surface area contributed by atoms with E-state index < -0.39 is 20.0 Å². The molecule has 6 unspecified atom stereocenters. The van der Waals surface area contributed by atoms with Crippen molar-refractivity contribution in [3.05, 3.63) is 24.3 Å². The maximum absolute atomic E-state index is 14.4. The van der Waals surface area contributed by atoms with Crippen molar-refractivity contribution in [1.29, 1.82) is 0 Å². The molecule has 0 aromatic rings. The summed E-state index contributed by atoms with van der Waals surface area (Å²) in [5.74, 6) is -1.77. The molecule has 0 aromatic carbocycles. The van der Waals surface area contributed by atoms with Gasteiger partial charge in [0.1, 0.15) is 5.79 Å². The normalized spacial score (nSPS) is 18.6. The molecule has 0 aliphatic heterocycles. The number of alkyl halides is 1. The van der Waals surface area contributed by atoms with Crippen LogP contribution < -0.4 is 0 Å². The molecule has 182 valence electrons. The van der Waals surface area contributed by atoms with Crippen LogP contribution in [0.2, 0.25) is 13.1 Å². The Kier molecular flexibility index (Phi) is 14.4. The summed E-state index contributed by atoms with van der Waals surface area (Å²) in [5, 5.41) is 0. The fourth-order valence-corrected chi connectivity index (χ4v) is 5.56. The second kappa shape index (κ2) is 14.9. The second-order valence-electron chi connectivity index (χ2n) is 8.98. The number of carbonyl (C=O) groups is 1. The zero-order valence-electron chi connectivity index (χ0n) is 21.1. The van der Waals surface area contributed by atoms with Crippen LogP contribution in [0.3, 0.4) is 0 Å². The van der Waals surface area contributed by atoms with Crippen molar-refractivity contribution >= 4 is 14.3 Å².